The van der Waals surface area contributed by atoms with Crippen LogP contribution in [0.2, 0.25) is 0 Å². The molecule has 1 rings (SSSR count). The Hall–Kier alpha value is -1.85. The van der Waals surface area contributed by atoms with E-state index in [0.29, 0.717) is 19.5 Å². The maximum absolute atomic E-state index is 11.2. The number of aliphatic carboxylic acids is 1. The van der Waals surface area contributed by atoms with Crippen molar-refractivity contribution in [3.8, 4) is 0 Å². The number of carbonyl (C=O) groups excluding carboxylic acids is 2. The predicted molar refractivity (Wildman–Crippen MR) is 58.2 cm³/mol. The Bertz CT molecular complexity index is 337. The van der Waals surface area contributed by atoms with E-state index in [-0.39, 0.29) is 18.9 Å². The molecule has 6 heteroatoms. The van der Waals surface area contributed by atoms with Crippen LogP contribution in [0.3, 0.4) is 0 Å². The molecule has 94 valence electrons. The summed E-state index contributed by atoms with van der Waals surface area (Å²) >= 11 is 0. The van der Waals surface area contributed by atoms with Crippen LogP contribution in [0.5, 0.6) is 0 Å². The van der Waals surface area contributed by atoms with Crippen molar-refractivity contribution in [3.05, 3.63) is 12.2 Å². The topological polar surface area (TPSA) is 83.9 Å². The van der Waals surface area contributed by atoms with E-state index in [9.17, 15) is 14.4 Å². The second-order valence-corrected chi connectivity index (χ2v) is 3.65. The van der Waals surface area contributed by atoms with Crippen molar-refractivity contribution in [2.24, 2.45) is 0 Å². The van der Waals surface area contributed by atoms with Crippen LogP contribution in [-0.2, 0) is 19.1 Å². The smallest absolute Gasteiger partial charge is 0.330 e. The Balaban J connectivity index is 2.13. The Morgan fingerprint density at radius 1 is 1.47 bits per heavy atom. The van der Waals surface area contributed by atoms with Gasteiger partial charge < -0.3 is 14.7 Å². The van der Waals surface area contributed by atoms with Gasteiger partial charge in [-0.25, -0.2) is 4.79 Å². The summed E-state index contributed by atoms with van der Waals surface area (Å²) in [6.45, 7) is 1.25. The van der Waals surface area contributed by atoms with Crippen molar-refractivity contribution >= 4 is 17.8 Å². The molecule has 0 aromatic carbocycles. The van der Waals surface area contributed by atoms with Gasteiger partial charge in [0.15, 0.2) is 0 Å². The summed E-state index contributed by atoms with van der Waals surface area (Å²) in [5.41, 5.74) is 0. The molecule has 0 atom stereocenters. The van der Waals surface area contributed by atoms with Crippen LogP contribution in [-0.4, -0.2) is 47.5 Å². The lowest BCUT2D eigenvalue weighted by atomic mass is 10.4. The Morgan fingerprint density at radius 2 is 2.24 bits per heavy atom. The average molecular weight is 241 g/mol. The van der Waals surface area contributed by atoms with Crippen LogP contribution < -0.4 is 0 Å². The van der Waals surface area contributed by atoms with Gasteiger partial charge in [-0.15, -0.1) is 0 Å². The van der Waals surface area contributed by atoms with Crippen LogP contribution in [0.4, 0.5) is 0 Å². The zero-order valence-corrected chi connectivity index (χ0v) is 9.42. The first kappa shape index (κ1) is 13.2. The highest BCUT2D eigenvalue weighted by molar-refractivity contribution is 5.83. The van der Waals surface area contributed by atoms with E-state index >= 15 is 0 Å². The number of hydrogen-bond donors (Lipinski definition) is 1. The van der Waals surface area contributed by atoms with Gasteiger partial charge in [-0.3, -0.25) is 9.59 Å². The number of esters is 1. The van der Waals surface area contributed by atoms with Crippen molar-refractivity contribution in [3.63, 3.8) is 0 Å². The predicted octanol–water partition coefficient (Wildman–Crippen LogP) is 0.183. The van der Waals surface area contributed by atoms with E-state index in [4.69, 9.17) is 9.84 Å². The molecule has 0 saturated carbocycles. The quantitative estimate of drug-likeness (QED) is 0.530. The first-order valence-electron chi connectivity index (χ1n) is 5.42. The van der Waals surface area contributed by atoms with E-state index in [1.807, 2.05) is 0 Å². The minimum atomic E-state index is -1.00. The lowest BCUT2D eigenvalue weighted by Crippen LogP contribution is -2.29. The summed E-state index contributed by atoms with van der Waals surface area (Å²) in [6, 6.07) is 0. The van der Waals surface area contributed by atoms with Gasteiger partial charge in [0.2, 0.25) is 5.91 Å². The Kier molecular flexibility index (Phi) is 5.19. The highest BCUT2D eigenvalue weighted by Gasteiger charge is 2.19. The number of nitrogens with zero attached hydrogens (tertiary/aromatic N) is 1. The van der Waals surface area contributed by atoms with Crippen molar-refractivity contribution in [2.75, 3.05) is 19.7 Å². The molecule has 0 radical (unpaired) electrons. The molecular weight excluding hydrogens is 226 g/mol. The maximum atomic E-state index is 11.2. The molecule has 1 amide bonds. The molecule has 1 heterocycles. The van der Waals surface area contributed by atoms with Gasteiger partial charge in [0.25, 0.3) is 0 Å². The number of carboxylic acid groups (broad SMARTS) is 1. The molecule has 0 aromatic heterocycles. The number of ether oxygens (including phenoxy) is 1. The maximum Gasteiger partial charge on any atom is 0.330 e. The third kappa shape index (κ3) is 5.14. The van der Waals surface area contributed by atoms with Crippen LogP contribution in [0.1, 0.15) is 19.3 Å². The Morgan fingerprint density at radius 3 is 2.82 bits per heavy atom. The molecule has 0 aliphatic carbocycles. The number of amides is 1. The highest BCUT2D eigenvalue weighted by atomic mass is 16.5. The zero-order valence-electron chi connectivity index (χ0n) is 9.42. The van der Waals surface area contributed by atoms with Crippen molar-refractivity contribution < 1.29 is 24.2 Å². The summed E-state index contributed by atoms with van der Waals surface area (Å²) in [4.78, 5) is 34.1. The first-order chi connectivity index (χ1) is 8.09. The summed E-state index contributed by atoms with van der Waals surface area (Å²) in [6.07, 6.45) is 3.52. The first-order valence-corrected chi connectivity index (χ1v) is 5.42. The minimum absolute atomic E-state index is 0.0856. The van der Waals surface area contributed by atoms with E-state index in [1.165, 1.54) is 6.08 Å². The molecule has 17 heavy (non-hydrogen) atoms. The fraction of sp³-hybridized carbons (Fsp3) is 0.545. The Labute approximate surface area is 98.8 Å². The molecule has 1 aliphatic heterocycles. The second-order valence-electron chi connectivity index (χ2n) is 3.65. The SMILES string of the molecule is O=C(O)C/C=C\C(=O)OCCN1CCCC1=O. The van der Waals surface area contributed by atoms with E-state index in [1.54, 1.807) is 4.90 Å². The van der Waals surface area contributed by atoms with Gasteiger partial charge in [-0.1, -0.05) is 6.08 Å². The van der Waals surface area contributed by atoms with Crippen LogP contribution >= 0.6 is 0 Å². The summed E-state index contributed by atoms with van der Waals surface area (Å²) < 4.78 is 4.82. The molecule has 0 aromatic rings. The summed E-state index contributed by atoms with van der Waals surface area (Å²) in [7, 11) is 0. The molecule has 0 unspecified atom stereocenters. The minimum Gasteiger partial charge on any atom is -0.481 e. The zero-order chi connectivity index (χ0) is 12.7. The van der Waals surface area contributed by atoms with E-state index in [0.717, 1.165) is 12.5 Å². The lowest BCUT2D eigenvalue weighted by molar-refractivity contribution is -0.140. The molecule has 1 aliphatic rings. The molecule has 1 fully saturated rings. The molecular formula is C11H15NO5. The standard InChI is InChI=1S/C11H15NO5/c13-9-3-2-6-12(9)7-8-17-11(16)5-1-4-10(14)15/h1,5H,2-4,6-8H2,(H,14,15)/b5-1-. The average Bonchev–Trinajstić information content (AvgIpc) is 2.64. The number of likely N-dealkylation sites (tertiary alicyclic amines) is 1. The lowest BCUT2D eigenvalue weighted by Gasteiger charge is -2.14. The van der Waals surface area contributed by atoms with E-state index in [2.05, 4.69) is 0 Å². The van der Waals surface area contributed by atoms with Crippen molar-refractivity contribution in [2.45, 2.75) is 19.3 Å². The van der Waals surface area contributed by atoms with Crippen molar-refractivity contribution in [1.29, 1.82) is 0 Å². The number of rotatable bonds is 6. The van der Waals surface area contributed by atoms with Gasteiger partial charge in [0.1, 0.15) is 6.61 Å². The second kappa shape index (κ2) is 6.67. The number of carbonyl (C=O) groups is 3. The third-order valence-electron chi connectivity index (χ3n) is 2.32. The normalized spacial score (nSPS) is 15.5. The third-order valence-corrected chi connectivity index (χ3v) is 2.32. The van der Waals surface area contributed by atoms with E-state index < -0.39 is 11.9 Å². The van der Waals surface area contributed by atoms with Gasteiger partial charge >= 0.3 is 11.9 Å². The van der Waals surface area contributed by atoms with Gasteiger partial charge in [0, 0.05) is 19.0 Å². The number of carboxylic acids is 1. The molecule has 0 spiro atoms. The van der Waals surface area contributed by atoms with Crippen LogP contribution in [0, 0.1) is 0 Å². The number of hydrogen-bond acceptors (Lipinski definition) is 4. The van der Waals surface area contributed by atoms with Crippen molar-refractivity contribution in [1.82, 2.24) is 4.90 Å². The molecule has 1 saturated heterocycles. The molecule has 6 nitrogen and oxygen atoms in total. The fourth-order valence-corrected chi connectivity index (χ4v) is 1.50. The summed E-state index contributed by atoms with van der Waals surface area (Å²) in [5, 5.41) is 8.33. The highest BCUT2D eigenvalue weighted by Crippen LogP contribution is 2.08. The van der Waals surface area contributed by atoms with Crippen LogP contribution in [0.15, 0.2) is 12.2 Å². The largest absolute Gasteiger partial charge is 0.481 e. The van der Waals surface area contributed by atoms with Gasteiger partial charge in [-0.2, -0.15) is 0 Å². The fourth-order valence-electron chi connectivity index (χ4n) is 1.50. The summed E-state index contributed by atoms with van der Waals surface area (Å²) in [5.74, 6) is -1.50. The monoisotopic (exact) mass is 241 g/mol. The molecule has 0 bridgehead atoms. The van der Waals surface area contributed by atoms with Crippen LogP contribution in [0.25, 0.3) is 0 Å². The van der Waals surface area contributed by atoms with Gasteiger partial charge in [0.05, 0.1) is 13.0 Å². The molecule has 1 N–H and O–H groups in total. The van der Waals surface area contributed by atoms with Gasteiger partial charge in [-0.05, 0) is 6.42 Å².